The van der Waals surface area contributed by atoms with E-state index in [1.807, 2.05) is 36.4 Å². The summed E-state index contributed by atoms with van der Waals surface area (Å²) in [6.45, 7) is 6.97. The van der Waals surface area contributed by atoms with E-state index in [1.54, 1.807) is 21.3 Å². The lowest BCUT2D eigenvalue weighted by Gasteiger charge is -2.19. The van der Waals surface area contributed by atoms with Crippen molar-refractivity contribution < 1.29 is 19.0 Å². The largest absolute Gasteiger partial charge is 0.493 e. The van der Waals surface area contributed by atoms with Gasteiger partial charge in [0.1, 0.15) is 0 Å². The molecular weight excluding hydrogens is 342 g/mol. The molecule has 2 aromatic rings. The Morgan fingerprint density at radius 1 is 0.926 bits per heavy atom. The van der Waals surface area contributed by atoms with Crippen LogP contribution in [-0.4, -0.2) is 33.8 Å². The molecule has 0 unspecified atom stereocenters. The topological polar surface area (TPSA) is 56.8 Å². The van der Waals surface area contributed by atoms with Crippen molar-refractivity contribution in [1.82, 2.24) is 5.32 Å². The van der Waals surface area contributed by atoms with Gasteiger partial charge in [-0.05, 0) is 47.2 Å². The highest BCUT2D eigenvalue weighted by Gasteiger charge is 2.15. The van der Waals surface area contributed by atoms with Crippen molar-refractivity contribution in [3.63, 3.8) is 0 Å². The molecular formula is C22H29NO4. The Bertz CT molecular complexity index is 751. The first-order chi connectivity index (χ1) is 12.8. The molecule has 0 saturated carbocycles. The summed E-state index contributed by atoms with van der Waals surface area (Å²) in [5, 5.41) is 2.96. The van der Waals surface area contributed by atoms with Crippen molar-refractivity contribution in [3.8, 4) is 17.2 Å². The third kappa shape index (κ3) is 5.16. The number of hydrogen-bond acceptors (Lipinski definition) is 4. The SMILES string of the molecule is COc1cc(CCNC(=O)c2ccc(C(C)(C)C)cc2)cc(OC)c1OC. The Kier molecular flexibility index (Phi) is 6.72. The molecule has 0 heterocycles. The Morgan fingerprint density at radius 2 is 1.48 bits per heavy atom. The Hall–Kier alpha value is -2.69. The monoisotopic (exact) mass is 371 g/mol. The van der Waals surface area contributed by atoms with Crippen LogP contribution in [0.5, 0.6) is 17.2 Å². The summed E-state index contributed by atoms with van der Waals surface area (Å²) in [7, 11) is 4.75. The van der Waals surface area contributed by atoms with E-state index in [4.69, 9.17) is 14.2 Å². The van der Waals surface area contributed by atoms with Crippen LogP contribution >= 0.6 is 0 Å². The fourth-order valence-electron chi connectivity index (χ4n) is 2.82. The molecule has 1 N–H and O–H groups in total. The second kappa shape index (κ2) is 8.80. The minimum atomic E-state index is -0.0806. The zero-order chi connectivity index (χ0) is 20.0. The molecule has 0 atom stereocenters. The van der Waals surface area contributed by atoms with Crippen LogP contribution in [0.25, 0.3) is 0 Å². The van der Waals surface area contributed by atoms with Crippen LogP contribution < -0.4 is 19.5 Å². The van der Waals surface area contributed by atoms with Gasteiger partial charge in [0.2, 0.25) is 5.75 Å². The molecule has 0 aliphatic carbocycles. The normalized spacial score (nSPS) is 11.0. The van der Waals surface area contributed by atoms with E-state index in [9.17, 15) is 4.79 Å². The molecule has 0 fully saturated rings. The van der Waals surface area contributed by atoms with Crippen molar-refractivity contribution in [2.45, 2.75) is 32.6 Å². The van der Waals surface area contributed by atoms with Gasteiger partial charge in [0, 0.05) is 12.1 Å². The number of rotatable bonds is 7. The van der Waals surface area contributed by atoms with E-state index < -0.39 is 0 Å². The lowest BCUT2D eigenvalue weighted by Crippen LogP contribution is -2.25. The molecule has 0 bridgehead atoms. The molecule has 5 nitrogen and oxygen atoms in total. The van der Waals surface area contributed by atoms with Gasteiger partial charge >= 0.3 is 0 Å². The van der Waals surface area contributed by atoms with Crippen LogP contribution in [0.1, 0.15) is 42.3 Å². The van der Waals surface area contributed by atoms with Gasteiger partial charge in [-0.1, -0.05) is 32.9 Å². The molecule has 0 aromatic heterocycles. The predicted molar refractivity (Wildman–Crippen MR) is 107 cm³/mol. The first-order valence-electron chi connectivity index (χ1n) is 8.97. The van der Waals surface area contributed by atoms with Gasteiger partial charge in [-0.3, -0.25) is 4.79 Å². The third-order valence-corrected chi connectivity index (χ3v) is 4.44. The Balaban J connectivity index is 2.00. The van der Waals surface area contributed by atoms with Crippen molar-refractivity contribution in [3.05, 3.63) is 53.1 Å². The smallest absolute Gasteiger partial charge is 0.251 e. The third-order valence-electron chi connectivity index (χ3n) is 4.44. The number of methoxy groups -OCH3 is 3. The first-order valence-corrected chi connectivity index (χ1v) is 8.97. The van der Waals surface area contributed by atoms with Crippen LogP contribution in [0, 0.1) is 0 Å². The summed E-state index contributed by atoms with van der Waals surface area (Å²) < 4.78 is 16.1. The Morgan fingerprint density at radius 3 is 1.93 bits per heavy atom. The molecule has 0 radical (unpaired) electrons. The Labute approximate surface area is 161 Å². The molecule has 146 valence electrons. The van der Waals surface area contributed by atoms with Crippen molar-refractivity contribution in [1.29, 1.82) is 0 Å². The number of carbonyl (C=O) groups is 1. The molecule has 2 aromatic carbocycles. The second-order valence-electron chi connectivity index (χ2n) is 7.37. The molecule has 27 heavy (non-hydrogen) atoms. The number of ether oxygens (including phenoxy) is 3. The van der Waals surface area contributed by atoms with Gasteiger partial charge in [-0.25, -0.2) is 0 Å². The van der Waals surface area contributed by atoms with Gasteiger partial charge in [0.25, 0.3) is 5.91 Å². The molecule has 0 saturated heterocycles. The molecule has 1 amide bonds. The van der Waals surface area contributed by atoms with Crippen LogP contribution in [-0.2, 0) is 11.8 Å². The lowest BCUT2D eigenvalue weighted by atomic mass is 9.87. The summed E-state index contributed by atoms with van der Waals surface area (Å²) in [4.78, 5) is 12.4. The number of amides is 1. The van der Waals surface area contributed by atoms with Crippen LogP contribution in [0.15, 0.2) is 36.4 Å². The maximum Gasteiger partial charge on any atom is 0.251 e. The van der Waals surface area contributed by atoms with Gasteiger partial charge in [0.05, 0.1) is 21.3 Å². The minimum absolute atomic E-state index is 0.0709. The maximum atomic E-state index is 12.4. The fraction of sp³-hybridized carbons (Fsp3) is 0.409. The van der Waals surface area contributed by atoms with Crippen molar-refractivity contribution >= 4 is 5.91 Å². The molecule has 2 rings (SSSR count). The molecule has 0 aliphatic heterocycles. The summed E-state index contributed by atoms with van der Waals surface area (Å²) >= 11 is 0. The van der Waals surface area contributed by atoms with Gasteiger partial charge in [-0.2, -0.15) is 0 Å². The van der Waals surface area contributed by atoms with E-state index in [1.165, 1.54) is 5.56 Å². The maximum absolute atomic E-state index is 12.4. The summed E-state index contributed by atoms with van der Waals surface area (Å²) in [5.41, 5.74) is 2.93. The van der Waals surface area contributed by atoms with E-state index in [0.29, 0.717) is 35.8 Å². The summed E-state index contributed by atoms with van der Waals surface area (Å²) in [5.74, 6) is 1.70. The first kappa shape index (κ1) is 20.6. The van der Waals surface area contributed by atoms with Crippen LogP contribution in [0.3, 0.4) is 0 Å². The zero-order valence-corrected chi connectivity index (χ0v) is 17.0. The van der Waals surface area contributed by atoms with Gasteiger partial charge in [-0.15, -0.1) is 0 Å². The summed E-state index contributed by atoms with van der Waals surface area (Å²) in [6, 6.07) is 11.5. The number of benzene rings is 2. The highest BCUT2D eigenvalue weighted by Crippen LogP contribution is 2.38. The van der Waals surface area contributed by atoms with E-state index >= 15 is 0 Å². The molecule has 5 heteroatoms. The van der Waals surface area contributed by atoms with Crippen molar-refractivity contribution in [2.75, 3.05) is 27.9 Å². The second-order valence-corrected chi connectivity index (χ2v) is 7.37. The van der Waals surface area contributed by atoms with Crippen LogP contribution in [0.4, 0.5) is 0 Å². The number of carbonyl (C=O) groups excluding carboxylic acids is 1. The summed E-state index contributed by atoms with van der Waals surface area (Å²) in [6.07, 6.45) is 0.655. The van der Waals surface area contributed by atoms with Crippen LogP contribution in [0.2, 0.25) is 0 Å². The van der Waals surface area contributed by atoms with E-state index in [-0.39, 0.29) is 11.3 Å². The predicted octanol–water partition coefficient (Wildman–Crippen LogP) is 3.98. The zero-order valence-electron chi connectivity index (χ0n) is 17.0. The number of hydrogen-bond donors (Lipinski definition) is 1. The van der Waals surface area contributed by atoms with Crippen molar-refractivity contribution in [2.24, 2.45) is 0 Å². The highest BCUT2D eigenvalue weighted by molar-refractivity contribution is 5.94. The number of nitrogens with one attached hydrogen (secondary N) is 1. The lowest BCUT2D eigenvalue weighted by molar-refractivity contribution is 0.0954. The standard InChI is InChI=1S/C22H29NO4/c1-22(2,3)17-9-7-16(8-10-17)21(24)23-12-11-15-13-18(25-4)20(27-6)19(14-15)26-5/h7-10,13-14H,11-12H2,1-6H3,(H,23,24). The average Bonchev–Trinajstić information content (AvgIpc) is 2.66. The highest BCUT2D eigenvalue weighted by atomic mass is 16.5. The van der Waals surface area contributed by atoms with Gasteiger partial charge < -0.3 is 19.5 Å². The molecule has 0 aliphatic rings. The molecule has 0 spiro atoms. The quantitative estimate of drug-likeness (QED) is 0.800. The minimum Gasteiger partial charge on any atom is -0.493 e. The van der Waals surface area contributed by atoms with E-state index in [2.05, 4.69) is 26.1 Å². The average molecular weight is 371 g/mol. The van der Waals surface area contributed by atoms with Gasteiger partial charge in [0.15, 0.2) is 11.5 Å². The fourth-order valence-corrected chi connectivity index (χ4v) is 2.82. The van der Waals surface area contributed by atoms with E-state index in [0.717, 1.165) is 5.56 Å².